The molecule has 2 aromatic heterocycles. The van der Waals surface area contributed by atoms with Gasteiger partial charge in [0.2, 0.25) is 0 Å². The molecule has 0 atom stereocenters. The van der Waals surface area contributed by atoms with Crippen molar-refractivity contribution in [1.82, 2.24) is 9.13 Å². The van der Waals surface area contributed by atoms with Gasteiger partial charge in [0.1, 0.15) is 6.07 Å². The average molecular weight is 994 g/mol. The maximum Gasteiger partial charge on any atom is 0.416 e. The number of rotatable bonds is 7. The van der Waals surface area contributed by atoms with Crippen LogP contribution in [0.25, 0.3) is 111 Å². The number of fused-ring (bicyclic) bond motifs is 6. The Morgan fingerprint density at radius 3 is 1.01 bits per heavy atom. The largest absolute Gasteiger partial charge is 0.416 e. The molecular formula is C70H54F3N3. The number of benzene rings is 10. The predicted molar refractivity (Wildman–Crippen MR) is 310 cm³/mol. The van der Waals surface area contributed by atoms with Crippen molar-refractivity contribution >= 4 is 43.6 Å². The number of hydrogen-bond acceptors (Lipinski definition) is 1. The van der Waals surface area contributed by atoms with Gasteiger partial charge in [-0.1, -0.05) is 154 Å². The van der Waals surface area contributed by atoms with E-state index in [1.54, 1.807) is 18.2 Å². The van der Waals surface area contributed by atoms with Gasteiger partial charge in [0.15, 0.2) is 0 Å². The average Bonchev–Trinajstić information content (AvgIpc) is 3.87. The van der Waals surface area contributed by atoms with Crippen molar-refractivity contribution in [3.05, 3.63) is 238 Å². The van der Waals surface area contributed by atoms with Crippen molar-refractivity contribution in [2.45, 2.75) is 61.6 Å². The van der Waals surface area contributed by atoms with E-state index in [9.17, 15) is 5.26 Å². The molecule has 370 valence electrons. The second-order valence-corrected chi connectivity index (χ2v) is 21.1. The zero-order valence-electron chi connectivity index (χ0n) is 43.8. The van der Waals surface area contributed by atoms with Gasteiger partial charge in [0.25, 0.3) is 0 Å². The molecule has 0 fully saturated rings. The van der Waals surface area contributed by atoms with Crippen LogP contribution in [0.1, 0.15) is 55.6 Å². The minimum absolute atomic E-state index is 0.329. The van der Waals surface area contributed by atoms with Gasteiger partial charge in [-0.3, -0.25) is 0 Å². The van der Waals surface area contributed by atoms with E-state index in [1.807, 2.05) is 6.07 Å². The molecule has 0 bridgehead atoms. The molecule has 76 heavy (non-hydrogen) atoms. The van der Waals surface area contributed by atoms with Crippen molar-refractivity contribution in [3.8, 4) is 73.1 Å². The normalized spacial score (nSPS) is 11.9. The van der Waals surface area contributed by atoms with Gasteiger partial charge in [-0.25, -0.2) is 0 Å². The molecule has 0 saturated heterocycles. The lowest BCUT2D eigenvalue weighted by Gasteiger charge is -2.21. The van der Waals surface area contributed by atoms with E-state index in [0.717, 1.165) is 133 Å². The highest BCUT2D eigenvalue weighted by molar-refractivity contribution is 6.14. The van der Waals surface area contributed by atoms with Crippen LogP contribution in [-0.2, 0) is 6.18 Å². The second kappa shape index (κ2) is 18.2. The Bertz CT molecular complexity index is 4140. The summed E-state index contributed by atoms with van der Waals surface area (Å²) in [6.07, 6.45) is -4.66. The molecule has 12 aromatic rings. The van der Waals surface area contributed by atoms with Crippen LogP contribution in [0.4, 0.5) is 13.2 Å². The van der Waals surface area contributed by atoms with E-state index in [2.05, 4.69) is 216 Å². The Morgan fingerprint density at radius 2 is 0.684 bits per heavy atom. The van der Waals surface area contributed by atoms with E-state index in [4.69, 9.17) is 0 Å². The van der Waals surface area contributed by atoms with Gasteiger partial charge in [-0.2, -0.15) is 18.4 Å². The lowest BCUT2D eigenvalue weighted by molar-refractivity contribution is -0.137. The van der Waals surface area contributed by atoms with E-state index in [1.165, 1.54) is 12.1 Å². The Kier molecular flexibility index (Phi) is 11.5. The molecule has 0 aliphatic heterocycles. The smallest absolute Gasteiger partial charge is 0.309 e. The fraction of sp³-hybridized carbons (Fsp3) is 0.129. The number of alkyl halides is 3. The lowest BCUT2D eigenvalue weighted by atomic mass is 9.95. The van der Waals surface area contributed by atoms with Crippen molar-refractivity contribution < 1.29 is 13.2 Å². The van der Waals surface area contributed by atoms with Gasteiger partial charge >= 0.3 is 6.18 Å². The SMILES string of the molecule is Cc1cc(C)cc(-c2ccc3c(c2)c2cc(-c4cc(C)cc(C)c4)ccc2n3-c2ccc(C(F)(F)F)cc2-c2cccc(C#N)c2-n2c3ccc(-c4cc(C)cc(C)c4)cc3c3cc(-c4cc(C)cc(C)c4)ccc32)c1. The third-order valence-electron chi connectivity index (χ3n) is 15.0. The van der Waals surface area contributed by atoms with Crippen LogP contribution in [0.2, 0.25) is 0 Å². The highest BCUT2D eigenvalue weighted by Gasteiger charge is 2.33. The fourth-order valence-corrected chi connectivity index (χ4v) is 12.0. The number of nitrogens with zero attached hydrogens (tertiary/aromatic N) is 3. The number of para-hydroxylation sites is 1. The summed E-state index contributed by atoms with van der Waals surface area (Å²) in [4.78, 5) is 0. The molecule has 0 aliphatic carbocycles. The summed E-state index contributed by atoms with van der Waals surface area (Å²) >= 11 is 0. The fourth-order valence-electron chi connectivity index (χ4n) is 12.0. The summed E-state index contributed by atoms with van der Waals surface area (Å²) in [5, 5.41) is 15.1. The molecule has 3 nitrogen and oxygen atoms in total. The molecule has 0 radical (unpaired) electrons. The van der Waals surface area contributed by atoms with Crippen molar-refractivity contribution in [3.63, 3.8) is 0 Å². The Morgan fingerprint density at radius 1 is 0.342 bits per heavy atom. The molecule has 6 heteroatoms. The first kappa shape index (κ1) is 48.0. The first-order valence-corrected chi connectivity index (χ1v) is 25.7. The topological polar surface area (TPSA) is 33.6 Å². The predicted octanol–water partition coefficient (Wildman–Crippen LogP) is 19.6. The monoisotopic (exact) mass is 993 g/mol. The van der Waals surface area contributed by atoms with Gasteiger partial charge in [-0.15, -0.1) is 0 Å². The molecule has 0 spiro atoms. The van der Waals surface area contributed by atoms with Crippen molar-refractivity contribution in [2.75, 3.05) is 0 Å². The first-order valence-electron chi connectivity index (χ1n) is 25.7. The van der Waals surface area contributed by atoms with Gasteiger partial charge < -0.3 is 9.13 Å². The Labute approximate surface area is 441 Å². The summed E-state index contributed by atoms with van der Waals surface area (Å²) in [5.74, 6) is 0. The van der Waals surface area contributed by atoms with Crippen LogP contribution >= 0.6 is 0 Å². The lowest BCUT2D eigenvalue weighted by Crippen LogP contribution is -2.08. The maximum atomic E-state index is 15.3. The summed E-state index contributed by atoms with van der Waals surface area (Å²) in [6, 6.07) is 63.8. The van der Waals surface area contributed by atoms with Crippen LogP contribution in [-0.4, -0.2) is 9.13 Å². The van der Waals surface area contributed by atoms with Crippen LogP contribution < -0.4 is 0 Å². The molecule has 0 unspecified atom stereocenters. The maximum absolute atomic E-state index is 15.3. The molecule has 0 N–H and O–H groups in total. The van der Waals surface area contributed by atoms with Gasteiger partial charge in [0, 0.05) is 32.7 Å². The standard InChI is InChI=1S/C70H54F3N3/c1-40-22-41(2)27-53(26-40)48-12-17-64-59(34-48)60-35-49(54-28-42(3)23-43(4)29-54)13-18-65(60)75(64)66-21-16-57(70(71,72)73)38-63(66)58-11-9-10-52(39-74)69(58)76-67-19-14-50(55-30-44(5)24-45(6)31-55)36-61(67)62-37-51(15-20-68(62)76)56-32-46(7)25-47(8)33-56/h9-38H,1-8H3. The zero-order chi connectivity index (χ0) is 52.9. The summed E-state index contributed by atoms with van der Waals surface area (Å²) in [6.45, 7) is 16.8. The third-order valence-corrected chi connectivity index (χ3v) is 15.0. The number of aryl methyl sites for hydroxylation is 8. The quantitative estimate of drug-likeness (QED) is 0.157. The molecule has 2 heterocycles. The van der Waals surface area contributed by atoms with Crippen molar-refractivity contribution in [1.29, 1.82) is 5.26 Å². The van der Waals surface area contributed by atoms with E-state index in [-0.39, 0.29) is 0 Å². The van der Waals surface area contributed by atoms with Crippen molar-refractivity contribution in [2.24, 2.45) is 0 Å². The van der Waals surface area contributed by atoms with Crippen LogP contribution in [0.3, 0.4) is 0 Å². The molecule has 0 aliphatic rings. The minimum Gasteiger partial charge on any atom is -0.309 e. The van der Waals surface area contributed by atoms with Gasteiger partial charge in [0.05, 0.1) is 44.6 Å². The van der Waals surface area contributed by atoms with E-state index in [0.29, 0.717) is 28.1 Å². The van der Waals surface area contributed by atoms with Crippen LogP contribution in [0, 0.1) is 66.7 Å². The number of aromatic nitrogens is 2. The molecular weight excluding hydrogens is 940 g/mol. The Hall–Kier alpha value is -8.92. The molecule has 12 rings (SSSR count). The number of hydrogen-bond donors (Lipinski definition) is 0. The minimum atomic E-state index is -4.66. The van der Waals surface area contributed by atoms with E-state index < -0.39 is 11.7 Å². The summed E-state index contributed by atoms with van der Waals surface area (Å²) < 4.78 is 50.1. The number of nitriles is 1. The molecule has 0 amide bonds. The highest BCUT2D eigenvalue weighted by Crippen LogP contribution is 2.46. The molecule has 0 saturated carbocycles. The summed E-state index contributed by atoms with van der Waals surface area (Å²) in [5.41, 5.74) is 22.5. The zero-order valence-corrected chi connectivity index (χ0v) is 43.8. The Balaban J connectivity index is 1.16. The summed E-state index contributed by atoms with van der Waals surface area (Å²) in [7, 11) is 0. The van der Waals surface area contributed by atoms with Crippen LogP contribution in [0.15, 0.2) is 182 Å². The third kappa shape index (κ3) is 8.43. The van der Waals surface area contributed by atoms with E-state index >= 15 is 13.2 Å². The number of halogens is 3. The first-order chi connectivity index (χ1) is 36.5. The second-order valence-electron chi connectivity index (χ2n) is 21.1. The van der Waals surface area contributed by atoms with Crippen LogP contribution in [0.5, 0.6) is 0 Å². The van der Waals surface area contributed by atoms with Gasteiger partial charge in [-0.05, 0) is 173 Å². The highest BCUT2D eigenvalue weighted by atomic mass is 19.4. The molecule has 10 aromatic carbocycles.